The Hall–Kier alpha value is -6.16. The second-order valence-electron chi connectivity index (χ2n) is 14.7. The van der Waals surface area contributed by atoms with Gasteiger partial charge in [-0.3, -0.25) is 0 Å². The second kappa shape index (κ2) is 19.5. The van der Waals surface area contributed by atoms with Gasteiger partial charge in [-0.25, -0.2) is 0 Å². The van der Waals surface area contributed by atoms with Gasteiger partial charge in [0.25, 0.3) is 0 Å². The molecule has 0 saturated carbocycles. The number of hydrogen-bond acceptors (Lipinski definition) is 0. The summed E-state index contributed by atoms with van der Waals surface area (Å²) in [5, 5.41) is 12.8. The SMILES string of the molecule is [NH-]c1ccc2ccccc2c1-c1c([NH-])ccc2ccccc12.[Pd+2].c1ccc([PH+](c2ccccc2)c2ccccc2-c2ccccc2[PH+](c2ccccc2)c2ccccc2)cc1. The summed E-state index contributed by atoms with van der Waals surface area (Å²) in [5.74, 6) is 0. The van der Waals surface area contributed by atoms with Crippen molar-refractivity contribution in [2.24, 2.45) is 0 Å². The average molecular weight is 913 g/mol. The van der Waals surface area contributed by atoms with Crippen LogP contribution < -0.4 is 31.8 Å². The first-order valence-electron chi connectivity index (χ1n) is 20.3. The molecule has 0 aliphatic heterocycles. The molecule has 0 amide bonds. The van der Waals surface area contributed by atoms with Crippen LogP contribution in [0.4, 0.5) is 11.4 Å². The van der Waals surface area contributed by atoms with E-state index in [1.54, 1.807) is 0 Å². The molecule has 2 nitrogen and oxygen atoms in total. The maximum Gasteiger partial charge on any atom is 2.00 e. The van der Waals surface area contributed by atoms with Crippen LogP contribution in [-0.4, -0.2) is 0 Å². The number of benzene rings is 10. The summed E-state index contributed by atoms with van der Waals surface area (Å²) >= 11 is 0. The Kier molecular flexibility index (Phi) is 13.3. The van der Waals surface area contributed by atoms with Crippen molar-refractivity contribution in [1.82, 2.24) is 0 Å². The van der Waals surface area contributed by atoms with Gasteiger partial charge in [-0.2, -0.15) is 0 Å². The van der Waals surface area contributed by atoms with Crippen molar-refractivity contribution in [1.29, 1.82) is 0 Å². The number of fused-ring (bicyclic) bond motifs is 2. The van der Waals surface area contributed by atoms with Crippen molar-refractivity contribution in [3.05, 3.63) is 254 Å². The zero-order valence-electron chi connectivity index (χ0n) is 33.4. The summed E-state index contributed by atoms with van der Waals surface area (Å²) in [5.41, 5.74) is 22.1. The zero-order valence-corrected chi connectivity index (χ0v) is 37.0. The third kappa shape index (κ3) is 8.85. The van der Waals surface area contributed by atoms with Crippen LogP contribution in [0.25, 0.3) is 55.3 Å². The molecule has 0 saturated heterocycles. The van der Waals surface area contributed by atoms with Crippen molar-refractivity contribution in [3.63, 3.8) is 0 Å². The maximum absolute atomic E-state index is 8.38. The van der Waals surface area contributed by atoms with Crippen molar-refractivity contribution in [2.45, 2.75) is 0 Å². The van der Waals surface area contributed by atoms with Gasteiger partial charge in [0.05, 0.1) is 15.8 Å². The Morgan fingerprint density at radius 2 is 0.541 bits per heavy atom. The van der Waals surface area contributed by atoms with Crippen LogP contribution in [0, 0.1) is 0 Å². The molecule has 10 aromatic carbocycles. The standard InChI is InChI=1S/C36H28P2.C20H14N2.Pd/c1-5-17-29(18-6-1)37(30-19-7-2-8-20-30)35-27-15-13-25-33(35)34-26-14-16-28-36(34)38(31-21-9-3-10-22-31)32-23-11-4-12-24-32;21-17-11-9-13-5-1-3-7-15(13)19(17)20-16-8-4-2-6-14(16)10-12-18(20)22;/h1-28H;1-12,21-22H;/q;-2;+2/p+2. The van der Waals surface area contributed by atoms with Gasteiger partial charge in [0.1, 0.15) is 31.8 Å². The molecule has 0 heterocycles. The fraction of sp³-hybridized carbons (Fsp3) is 0. The number of hydrogen-bond donors (Lipinski definition) is 0. The van der Waals surface area contributed by atoms with Gasteiger partial charge in [0.15, 0.2) is 0 Å². The smallest absolute Gasteiger partial charge is 0.698 e. The molecule has 0 aliphatic rings. The van der Waals surface area contributed by atoms with E-state index in [2.05, 4.69) is 170 Å². The zero-order chi connectivity index (χ0) is 40.7. The fourth-order valence-electron chi connectivity index (χ4n) is 8.33. The van der Waals surface area contributed by atoms with E-state index in [4.69, 9.17) is 11.5 Å². The predicted octanol–water partition coefficient (Wildman–Crippen LogP) is 13.4. The van der Waals surface area contributed by atoms with E-state index in [1.807, 2.05) is 72.8 Å². The van der Waals surface area contributed by atoms with Crippen molar-refractivity contribution in [3.8, 4) is 22.3 Å². The van der Waals surface area contributed by atoms with E-state index in [-0.39, 0.29) is 20.4 Å². The fourth-order valence-corrected chi connectivity index (χ4v) is 13.8. The summed E-state index contributed by atoms with van der Waals surface area (Å²) in [6.07, 6.45) is 0. The van der Waals surface area contributed by atoms with Crippen molar-refractivity contribution < 1.29 is 20.4 Å². The Labute approximate surface area is 375 Å². The van der Waals surface area contributed by atoms with E-state index >= 15 is 0 Å². The minimum absolute atomic E-state index is 0. The summed E-state index contributed by atoms with van der Waals surface area (Å²) in [4.78, 5) is 0. The Morgan fingerprint density at radius 1 is 0.262 bits per heavy atom. The maximum atomic E-state index is 8.38. The Morgan fingerprint density at radius 3 is 0.885 bits per heavy atom. The molecule has 296 valence electrons. The largest absolute Gasteiger partial charge is 2.00 e. The molecule has 0 bridgehead atoms. The molecule has 61 heavy (non-hydrogen) atoms. The quantitative estimate of drug-likeness (QED) is 0.108. The molecule has 0 spiro atoms. The van der Waals surface area contributed by atoms with Gasteiger partial charge in [0, 0.05) is 11.1 Å². The molecule has 10 rings (SSSR count). The predicted molar refractivity (Wildman–Crippen MR) is 267 cm³/mol. The summed E-state index contributed by atoms with van der Waals surface area (Å²) in [6, 6.07) is 86.1. The number of rotatable bonds is 8. The Bertz CT molecular complexity index is 2730. The van der Waals surface area contributed by atoms with Crippen LogP contribution in [0.5, 0.6) is 0 Å². The Balaban J connectivity index is 0.000000190. The van der Waals surface area contributed by atoms with Gasteiger partial charge in [-0.1, -0.05) is 182 Å². The average Bonchev–Trinajstić information content (AvgIpc) is 3.32. The van der Waals surface area contributed by atoms with Gasteiger partial charge in [-0.15, -0.1) is 11.4 Å². The first-order valence-corrected chi connectivity index (χ1v) is 23.3. The molecule has 0 fully saturated rings. The molecule has 10 aromatic rings. The second-order valence-corrected chi connectivity index (χ2v) is 19.6. The molecule has 0 radical (unpaired) electrons. The molecule has 0 aliphatic carbocycles. The van der Waals surface area contributed by atoms with E-state index in [0.29, 0.717) is 11.4 Å². The van der Waals surface area contributed by atoms with E-state index in [0.717, 1.165) is 32.7 Å². The van der Waals surface area contributed by atoms with Crippen LogP contribution in [0.1, 0.15) is 0 Å². The molecular formula is C56H44N2P2Pd+2. The minimum Gasteiger partial charge on any atom is -0.698 e. The van der Waals surface area contributed by atoms with E-state index in [1.165, 1.54) is 43.0 Å². The van der Waals surface area contributed by atoms with Crippen molar-refractivity contribution in [2.75, 3.05) is 0 Å². The monoisotopic (exact) mass is 912 g/mol. The van der Waals surface area contributed by atoms with Crippen LogP contribution in [-0.2, 0) is 20.4 Å². The van der Waals surface area contributed by atoms with Crippen LogP contribution in [0.3, 0.4) is 0 Å². The third-order valence-corrected chi connectivity index (χ3v) is 16.6. The summed E-state index contributed by atoms with van der Waals surface area (Å²) in [7, 11) is -2.43. The van der Waals surface area contributed by atoms with Gasteiger partial charge in [0.2, 0.25) is 0 Å². The number of nitrogens with one attached hydrogen (secondary N) is 2. The molecule has 2 N–H and O–H groups in total. The molecular weight excluding hydrogens is 869 g/mol. The first-order chi connectivity index (χ1) is 29.7. The normalized spacial score (nSPS) is 10.9. The first kappa shape index (κ1) is 41.6. The van der Waals surface area contributed by atoms with Crippen LogP contribution in [0.2, 0.25) is 0 Å². The van der Waals surface area contributed by atoms with Gasteiger partial charge >= 0.3 is 20.4 Å². The summed E-state index contributed by atoms with van der Waals surface area (Å²) in [6.45, 7) is 0. The van der Waals surface area contributed by atoms with Crippen molar-refractivity contribution >= 4 is 80.6 Å². The summed E-state index contributed by atoms with van der Waals surface area (Å²) < 4.78 is 0. The molecule has 0 atom stereocenters. The van der Waals surface area contributed by atoms with Crippen LogP contribution in [0.15, 0.2) is 243 Å². The minimum atomic E-state index is -1.21. The third-order valence-electron chi connectivity index (χ3n) is 11.0. The van der Waals surface area contributed by atoms with E-state index in [9.17, 15) is 0 Å². The van der Waals surface area contributed by atoms with Gasteiger partial charge < -0.3 is 11.5 Å². The molecule has 5 heteroatoms. The van der Waals surface area contributed by atoms with Crippen LogP contribution >= 0.6 is 15.8 Å². The molecule has 0 unspecified atom stereocenters. The van der Waals surface area contributed by atoms with E-state index < -0.39 is 15.8 Å². The molecule has 0 aromatic heterocycles. The topological polar surface area (TPSA) is 47.6 Å². The van der Waals surface area contributed by atoms with Gasteiger partial charge in [-0.05, 0) is 93.3 Å².